The molecule has 0 atom stereocenters. The maximum atomic E-state index is 7.63. The molecule has 0 spiro atoms. The van der Waals surface area contributed by atoms with Crippen molar-refractivity contribution in [1.82, 2.24) is 0 Å². The fourth-order valence-corrected chi connectivity index (χ4v) is 2.12. The van der Waals surface area contributed by atoms with Gasteiger partial charge >= 0.3 is 0 Å². The van der Waals surface area contributed by atoms with Crippen molar-refractivity contribution in [2.45, 2.75) is 62.3 Å². The Bertz CT molecular complexity index is 728. The molecule has 0 saturated carbocycles. The third-order valence-electron chi connectivity index (χ3n) is 4.27. The minimum absolute atomic E-state index is 0. The molecule has 0 amide bonds. The minimum Gasteiger partial charge on any atom is -0.331 e. The van der Waals surface area contributed by atoms with Crippen LogP contribution in [0.25, 0.3) is 0 Å². The minimum atomic E-state index is -2.90. The van der Waals surface area contributed by atoms with Gasteiger partial charge in [-0.2, -0.15) is 0 Å². The van der Waals surface area contributed by atoms with E-state index >= 15 is 0 Å². The Hall–Kier alpha value is -0.480. The van der Waals surface area contributed by atoms with Gasteiger partial charge in [0, 0.05) is 28.4 Å². The number of nitrogens with two attached hydrogens (primary N) is 4. The molecule has 0 aliphatic heterocycles. The van der Waals surface area contributed by atoms with Crippen molar-refractivity contribution < 1.29 is 48.2 Å². The molecular formula is C29H86N8O4+4. The quantitative estimate of drug-likeness (QED) is 0.0841. The van der Waals surface area contributed by atoms with E-state index in [1.165, 1.54) is 21.1 Å². The van der Waals surface area contributed by atoms with Gasteiger partial charge in [-0.3, -0.25) is 0 Å². The highest BCUT2D eigenvalue weighted by Crippen LogP contribution is 1.97. The zero-order chi connectivity index (χ0) is 37.2. The van der Waals surface area contributed by atoms with Gasteiger partial charge in [0.1, 0.15) is 0 Å². The number of hydrogen-bond acceptors (Lipinski definition) is 8. The molecule has 0 aromatic carbocycles. The lowest BCUT2D eigenvalue weighted by Gasteiger charge is -2.27. The first-order valence-electron chi connectivity index (χ1n) is 16.3. The van der Waals surface area contributed by atoms with Crippen molar-refractivity contribution in [1.29, 1.82) is 0 Å². The van der Waals surface area contributed by atoms with Gasteiger partial charge < -0.3 is 37.3 Å². The summed E-state index contributed by atoms with van der Waals surface area (Å²) in [6.07, 6.45) is -0.0517. The highest BCUT2D eigenvalue weighted by Gasteiger charge is 2.10. The van der Waals surface area contributed by atoms with Crippen molar-refractivity contribution in [3.05, 3.63) is 0 Å². The smallest absolute Gasteiger partial charge is 0.0925 e. The molecule has 12 heteroatoms. The van der Waals surface area contributed by atoms with Crippen LogP contribution in [0.15, 0.2) is 0 Å². The van der Waals surface area contributed by atoms with Crippen molar-refractivity contribution in [2.75, 3.05) is 137 Å². The molecule has 0 aromatic heterocycles. The Morgan fingerprint density at radius 2 is 0.829 bits per heavy atom. The summed E-state index contributed by atoms with van der Waals surface area (Å²) in [7, 11) is 20.9. The molecule has 41 heavy (non-hydrogen) atoms. The van der Waals surface area contributed by atoms with E-state index in [4.69, 9.17) is 28.7 Å². The summed E-state index contributed by atoms with van der Waals surface area (Å²) in [6.45, 7) is -0.277. The van der Waals surface area contributed by atoms with Gasteiger partial charge in [-0.05, 0) is 6.92 Å². The van der Waals surface area contributed by atoms with Crippen LogP contribution >= 0.6 is 0 Å². The van der Waals surface area contributed by atoms with Gasteiger partial charge in [-0.15, -0.1) is 0 Å². The number of rotatable bonds is 17. The lowest BCUT2D eigenvalue weighted by molar-refractivity contribution is -0.888. The molecule has 0 aromatic rings. The Labute approximate surface area is 271 Å². The Morgan fingerprint density at radius 3 is 1.05 bits per heavy atom. The van der Waals surface area contributed by atoms with E-state index < -0.39 is 30.4 Å². The number of hydrogen-bond donors (Lipinski definition) is 4. The molecule has 0 unspecified atom stereocenters. The number of nitrogens with zero attached hydrogens (tertiary/aromatic N) is 4. The average Bonchev–Trinajstić information content (AvgIpc) is 2.82. The fraction of sp³-hybridized carbons (Fsp3) is 1.00. The molecular weight excluding hydrogens is 527 g/mol. The Balaban J connectivity index is -0.0000000758. The highest BCUT2D eigenvalue weighted by molar-refractivity contribution is 4.33. The van der Waals surface area contributed by atoms with Crippen LogP contribution in [0.2, 0.25) is 0 Å². The van der Waals surface area contributed by atoms with E-state index in [-0.39, 0.29) is 29.7 Å². The summed E-state index contributed by atoms with van der Waals surface area (Å²) in [4.78, 5) is 17.2. The van der Waals surface area contributed by atoms with Crippen LogP contribution in [0, 0.1) is 0 Å². The summed E-state index contributed by atoms with van der Waals surface area (Å²) >= 11 is 0. The van der Waals surface area contributed by atoms with Crippen LogP contribution in [0.4, 0.5) is 0 Å². The van der Waals surface area contributed by atoms with E-state index in [1.807, 2.05) is 14.1 Å². The zero-order valence-corrected chi connectivity index (χ0v) is 26.1. The molecule has 8 N–H and O–H groups in total. The van der Waals surface area contributed by atoms with Crippen LogP contribution in [0.5, 0.6) is 0 Å². The van der Waals surface area contributed by atoms with Gasteiger partial charge in [0.15, 0.2) is 0 Å². The summed E-state index contributed by atoms with van der Waals surface area (Å²) < 4.78 is 61.6. The first kappa shape index (κ1) is 38.5. The van der Waals surface area contributed by atoms with E-state index in [0.29, 0.717) is 24.3 Å². The topological polar surface area (TPSA) is 141 Å². The second-order valence-electron chi connectivity index (χ2n) is 11.8. The summed E-state index contributed by atoms with van der Waals surface area (Å²) in [6, 6.07) is 0. The van der Waals surface area contributed by atoms with Crippen LogP contribution in [0.3, 0.4) is 0 Å². The maximum Gasteiger partial charge on any atom is 0.0925 e. The monoisotopic (exact) mass is 622 g/mol. The van der Waals surface area contributed by atoms with Crippen molar-refractivity contribution >= 4 is 0 Å². The SMILES string of the molecule is C.C.C.C.C[N+](C)(C)CCCON.C[N+](C)(C)[13CH2][13CH2][13CH2]ON.[2H]C([2H])(C)[N+](C)(C)CCCON.[2H]C([2H])(ON)C([2H])([2H])C([2H])([2H])[N+](C)(C)C. The Kier molecular flexibility index (Phi) is 33.6. The molecule has 0 aliphatic rings. The van der Waals surface area contributed by atoms with E-state index in [0.717, 1.165) is 47.9 Å². The second-order valence-corrected chi connectivity index (χ2v) is 11.8. The van der Waals surface area contributed by atoms with Gasteiger partial charge in [0.25, 0.3) is 0 Å². The standard InChI is InChI=1S/C7H19N2O.3C6H17N2O.4CH4/c1-4-9(2,3)6-5-7-10-8;3*1-8(2,3)5-4-6-9-7;;;;/h4-8H2,1-3H3;3*4-7H2,1-3H3;4*1H4/q4*+1;;;;/i4D2;4+1,5+1,6+1;4D2,5D2,6D2;;;;;. The molecule has 262 valence electrons. The molecule has 12 nitrogen and oxygen atoms in total. The van der Waals surface area contributed by atoms with Crippen molar-refractivity contribution in [3.8, 4) is 0 Å². The molecule has 0 radical (unpaired) electrons. The highest BCUT2D eigenvalue weighted by atomic mass is 16.7. The van der Waals surface area contributed by atoms with Gasteiger partial charge in [-0.25, -0.2) is 23.6 Å². The second kappa shape index (κ2) is 35.7. The fourth-order valence-electron chi connectivity index (χ4n) is 2.12. The van der Waals surface area contributed by atoms with Crippen LogP contribution in [0.1, 0.15) is 73.2 Å². The van der Waals surface area contributed by atoms with Crippen molar-refractivity contribution in [2.24, 2.45) is 23.6 Å². The van der Waals surface area contributed by atoms with Gasteiger partial charge in [0.05, 0.1) is 145 Å². The third kappa shape index (κ3) is 79.1. The average molecular weight is 622 g/mol. The summed E-state index contributed by atoms with van der Waals surface area (Å²) in [5.41, 5.74) is 0. The van der Waals surface area contributed by atoms with Crippen LogP contribution in [-0.4, -0.2) is 154 Å². The predicted octanol–water partition coefficient (Wildman–Crippen LogP) is 2.83. The summed E-state index contributed by atoms with van der Waals surface area (Å²) in [5, 5.41) is 0. The van der Waals surface area contributed by atoms with Gasteiger partial charge in [-0.1, -0.05) is 29.7 Å². The predicted molar refractivity (Wildman–Crippen MR) is 182 cm³/mol. The number of quaternary nitrogens is 4. The van der Waals surface area contributed by atoms with Crippen molar-refractivity contribution in [3.63, 3.8) is 0 Å². The Morgan fingerprint density at radius 1 is 0.512 bits per heavy atom. The first-order chi connectivity index (χ1) is 19.7. The molecule has 0 saturated heterocycles. The third-order valence-corrected chi connectivity index (χ3v) is 4.27. The zero-order valence-electron chi connectivity index (χ0n) is 34.1. The van der Waals surface area contributed by atoms with Gasteiger partial charge in [0.2, 0.25) is 0 Å². The van der Waals surface area contributed by atoms with E-state index in [2.05, 4.69) is 67.5 Å². The summed E-state index contributed by atoms with van der Waals surface area (Å²) in [5.74, 6) is 19.2. The van der Waals surface area contributed by atoms with Crippen LogP contribution < -0.4 is 23.6 Å². The van der Waals surface area contributed by atoms with E-state index in [1.54, 1.807) is 6.92 Å². The largest absolute Gasteiger partial charge is 0.331 e. The van der Waals surface area contributed by atoms with Crippen LogP contribution in [-0.2, 0) is 19.4 Å². The molecule has 0 fully saturated rings. The lowest BCUT2D eigenvalue weighted by Crippen LogP contribution is -2.40. The van der Waals surface area contributed by atoms with E-state index in [9.17, 15) is 0 Å². The lowest BCUT2D eigenvalue weighted by atomic mass is 10.3. The molecule has 0 heterocycles. The first-order valence-corrected chi connectivity index (χ1v) is 12.3. The normalized spacial score (nSPS) is 15.1. The maximum absolute atomic E-state index is 7.63. The molecule has 0 aliphatic carbocycles. The molecule has 0 rings (SSSR count). The molecule has 0 bridgehead atoms.